The number of carboxylic acids is 1. The molecule has 6 heteroatoms. The zero-order valence-electron chi connectivity index (χ0n) is 20.2. The first-order valence-electron chi connectivity index (χ1n) is 12.0. The molecule has 0 saturated heterocycles. The first-order chi connectivity index (χ1) is 16.0. The predicted octanol–water partition coefficient (Wildman–Crippen LogP) is 5.89. The molecule has 0 saturated carbocycles. The summed E-state index contributed by atoms with van der Waals surface area (Å²) in [7, 11) is 1.77. The zero-order valence-corrected chi connectivity index (χ0v) is 20.2. The van der Waals surface area contributed by atoms with Gasteiger partial charge in [-0.2, -0.15) is 0 Å². The number of unbranched alkanes of at least 4 members (excludes halogenated alkanes) is 4. The molecule has 0 heterocycles. The van der Waals surface area contributed by atoms with Crippen LogP contribution in [0.15, 0.2) is 48.5 Å². The van der Waals surface area contributed by atoms with E-state index in [9.17, 15) is 14.7 Å². The molecular formula is C27H38N2O4. The standard InChI is InChI=1S/C27H38N2O4/c1-4-6-7-8-9-17-28-27(32)29(3)24-12-10-11-23(20-24)22-15-13-21(14-16-22)19-25(26(30)31)33-18-5-2/h10-16,20,25H,4-9,17-19H2,1-3H3,(H,28,32)(H,30,31). The molecular weight excluding hydrogens is 416 g/mol. The second-order valence-electron chi connectivity index (χ2n) is 8.35. The average Bonchev–Trinajstić information content (AvgIpc) is 2.83. The fourth-order valence-corrected chi connectivity index (χ4v) is 3.58. The summed E-state index contributed by atoms with van der Waals surface area (Å²) >= 11 is 0. The van der Waals surface area contributed by atoms with Crippen molar-refractivity contribution < 1.29 is 19.4 Å². The molecule has 0 aromatic heterocycles. The van der Waals surface area contributed by atoms with Gasteiger partial charge in [-0.05, 0) is 41.7 Å². The minimum absolute atomic E-state index is 0.107. The van der Waals surface area contributed by atoms with E-state index >= 15 is 0 Å². The Labute approximate surface area is 198 Å². The highest BCUT2D eigenvalue weighted by atomic mass is 16.5. The van der Waals surface area contributed by atoms with Gasteiger partial charge < -0.3 is 15.2 Å². The number of anilines is 1. The van der Waals surface area contributed by atoms with Gasteiger partial charge in [0.05, 0.1) is 0 Å². The SMILES string of the molecule is CCCCCCCNC(=O)N(C)c1cccc(-c2ccc(CC(OCCC)C(=O)O)cc2)c1. The summed E-state index contributed by atoms with van der Waals surface area (Å²) in [4.78, 5) is 25.6. The van der Waals surface area contributed by atoms with Crippen molar-refractivity contribution in [1.82, 2.24) is 5.32 Å². The Morgan fingerprint density at radius 3 is 2.36 bits per heavy atom. The van der Waals surface area contributed by atoms with Crippen molar-refractivity contribution >= 4 is 17.7 Å². The third-order valence-corrected chi connectivity index (χ3v) is 5.60. The van der Waals surface area contributed by atoms with Gasteiger partial charge >= 0.3 is 12.0 Å². The lowest BCUT2D eigenvalue weighted by molar-refractivity contribution is -0.150. The van der Waals surface area contributed by atoms with Crippen LogP contribution in [0.25, 0.3) is 11.1 Å². The van der Waals surface area contributed by atoms with Crippen LogP contribution < -0.4 is 10.2 Å². The Hall–Kier alpha value is -2.86. The number of hydrogen-bond donors (Lipinski definition) is 2. The molecule has 180 valence electrons. The number of nitrogens with one attached hydrogen (secondary N) is 1. The number of urea groups is 1. The Bertz CT molecular complexity index is 867. The molecule has 0 fully saturated rings. The van der Waals surface area contributed by atoms with Crippen LogP contribution >= 0.6 is 0 Å². The highest BCUT2D eigenvalue weighted by Gasteiger charge is 2.18. The first-order valence-corrected chi connectivity index (χ1v) is 12.0. The Morgan fingerprint density at radius 2 is 1.70 bits per heavy atom. The van der Waals surface area contributed by atoms with Crippen LogP contribution in [-0.4, -0.2) is 43.4 Å². The highest BCUT2D eigenvalue weighted by molar-refractivity contribution is 5.92. The number of carbonyl (C=O) groups excluding carboxylic acids is 1. The molecule has 2 aromatic rings. The summed E-state index contributed by atoms with van der Waals surface area (Å²) in [5.74, 6) is -0.942. The molecule has 2 N–H and O–H groups in total. The van der Waals surface area contributed by atoms with Gasteiger partial charge in [-0.3, -0.25) is 4.90 Å². The van der Waals surface area contributed by atoms with Gasteiger partial charge in [0, 0.05) is 32.3 Å². The number of aliphatic carboxylic acids is 1. The first kappa shape index (κ1) is 26.4. The lowest BCUT2D eigenvalue weighted by atomic mass is 10.0. The second kappa shape index (κ2) is 14.3. The fraction of sp³-hybridized carbons (Fsp3) is 0.481. The third kappa shape index (κ3) is 8.89. The molecule has 1 atom stereocenters. The third-order valence-electron chi connectivity index (χ3n) is 5.60. The van der Waals surface area contributed by atoms with E-state index < -0.39 is 12.1 Å². The van der Waals surface area contributed by atoms with E-state index in [1.165, 1.54) is 19.3 Å². The number of ether oxygens (including phenoxy) is 1. The lowest BCUT2D eigenvalue weighted by Crippen LogP contribution is -2.37. The van der Waals surface area contributed by atoms with E-state index in [4.69, 9.17) is 4.74 Å². The van der Waals surface area contributed by atoms with Gasteiger partial charge in [0.2, 0.25) is 0 Å². The smallest absolute Gasteiger partial charge is 0.333 e. The van der Waals surface area contributed by atoms with Crippen molar-refractivity contribution in [3.63, 3.8) is 0 Å². The van der Waals surface area contributed by atoms with Gasteiger partial charge in [0.15, 0.2) is 6.10 Å². The number of rotatable bonds is 14. The van der Waals surface area contributed by atoms with Gasteiger partial charge in [-0.15, -0.1) is 0 Å². The summed E-state index contributed by atoms with van der Waals surface area (Å²) < 4.78 is 5.45. The molecule has 2 rings (SSSR count). The summed E-state index contributed by atoms with van der Waals surface area (Å²) in [6.07, 6.45) is 6.09. The number of benzene rings is 2. The van der Waals surface area contributed by atoms with E-state index in [1.54, 1.807) is 11.9 Å². The quantitative estimate of drug-likeness (QED) is 0.349. The van der Waals surface area contributed by atoms with Crippen LogP contribution in [0.5, 0.6) is 0 Å². The van der Waals surface area contributed by atoms with Crippen LogP contribution in [0, 0.1) is 0 Å². The Morgan fingerprint density at radius 1 is 0.970 bits per heavy atom. The topological polar surface area (TPSA) is 78.9 Å². The predicted molar refractivity (Wildman–Crippen MR) is 134 cm³/mol. The van der Waals surface area contributed by atoms with Crippen LogP contribution in [-0.2, 0) is 16.0 Å². The average molecular weight is 455 g/mol. The largest absolute Gasteiger partial charge is 0.479 e. The van der Waals surface area contributed by atoms with Crippen molar-refractivity contribution in [3.8, 4) is 11.1 Å². The number of nitrogens with zero attached hydrogens (tertiary/aromatic N) is 1. The van der Waals surface area contributed by atoms with Crippen LogP contribution in [0.4, 0.5) is 10.5 Å². The molecule has 2 amide bonds. The number of amides is 2. The monoisotopic (exact) mass is 454 g/mol. The molecule has 0 spiro atoms. The van der Waals surface area contributed by atoms with E-state index in [-0.39, 0.29) is 6.03 Å². The summed E-state index contributed by atoms with van der Waals surface area (Å²) in [6, 6.07) is 15.6. The van der Waals surface area contributed by atoms with E-state index in [1.807, 2.05) is 55.5 Å². The van der Waals surface area contributed by atoms with E-state index in [0.717, 1.165) is 41.6 Å². The highest BCUT2D eigenvalue weighted by Crippen LogP contribution is 2.25. The molecule has 0 radical (unpaired) electrons. The zero-order chi connectivity index (χ0) is 24.1. The lowest BCUT2D eigenvalue weighted by Gasteiger charge is -2.19. The molecule has 2 aromatic carbocycles. The minimum atomic E-state index is -0.942. The van der Waals surface area contributed by atoms with Crippen molar-refractivity contribution in [2.24, 2.45) is 0 Å². The Balaban J connectivity index is 1.97. The molecule has 1 unspecified atom stereocenters. The van der Waals surface area contributed by atoms with Crippen molar-refractivity contribution in [3.05, 3.63) is 54.1 Å². The van der Waals surface area contributed by atoms with Gasteiger partial charge in [0.25, 0.3) is 0 Å². The molecule has 6 nitrogen and oxygen atoms in total. The van der Waals surface area contributed by atoms with Gasteiger partial charge in [-0.25, -0.2) is 9.59 Å². The van der Waals surface area contributed by atoms with Crippen LogP contribution in [0.1, 0.15) is 57.9 Å². The number of carboxylic acid groups (broad SMARTS) is 1. The maximum atomic E-state index is 12.5. The normalized spacial score (nSPS) is 11.7. The maximum absolute atomic E-state index is 12.5. The molecule has 0 bridgehead atoms. The van der Waals surface area contributed by atoms with Crippen molar-refractivity contribution in [2.75, 3.05) is 25.1 Å². The summed E-state index contributed by atoms with van der Waals surface area (Å²) in [5, 5.41) is 12.4. The van der Waals surface area contributed by atoms with E-state index in [0.29, 0.717) is 19.6 Å². The second-order valence-corrected chi connectivity index (χ2v) is 8.35. The Kier molecular flexibility index (Phi) is 11.5. The van der Waals surface area contributed by atoms with Crippen LogP contribution in [0.3, 0.4) is 0 Å². The fourth-order valence-electron chi connectivity index (χ4n) is 3.58. The van der Waals surface area contributed by atoms with Gasteiger partial charge in [-0.1, -0.05) is 75.9 Å². The molecule has 33 heavy (non-hydrogen) atoms. The number of carbonyl (C=O) groups is 2. The molecule has 0 aliphatic heterocycles. The van der Waals surface area contributed by atoms with Crippen LogP contribution in [0.2, 0.25) is 0 Å². The van der Waals surface area contributed by atoms with E-state index in [2.05, 4.69) is 12.2 Å². The van der Waals surface area contributed by atoms with Gasteiger partial charge in [0.1, 0.15) is 0 Å². The van der Waals surface area contributed by atoms with Crippen molar-refractivity contribution in [1.29, 1.82) is 0 Å². The minimum Gasteiger partial charge on any atom is -0.479 e. The maximum Gasteiger partial charge on any atom is 0.333 e. The van der Waals surface area contributed by atoms with Crippen molar-refractivity contribution in [2.45, 2.75) is 64.9 Å². The molecule has 0 aliphatic carbocycles. The molecule has 0 aliphatic rings. The summed E-state index contributed by atoms with van der Waals surface area (Å²) in [5.41, 5.74) is 3.73. The number of hydrogen-bond acceptors (Lipinski definition) is 3. The summed E-state index contributed by atoms with van der Waals surface area (Å²) in [6.45, 7) is 5.27.